The van der Waals surface area contributed by atoms with Gasteiger partial charge in [-0.05, 0) is 0 Å². The first-order chi connectivity index (χ1) is 5.77. The summed E-state index contributed by atoms with van der Waals surface area (Å²) in [6.45, 7) is 0. The first-order valence-corrected chi connectivity index (χ1v) is 4.45. The number of hydrogen-bond acceptors (Lipinski definition) is 3. The van der Waals surface area contributed by atoms with Crippen molar-refractivity contribution in [2.45, 2.75) is 0 Å². The SMILES string of the molecule is Cn1n[n+](C)cc1-c1nccs1. The third-order valence-corrected chi connectivity index (χ3v) is 2.38. The van der Waals surface area contributed by atoms with Crippen LogP contribution in [-0.2, 0) is 14.1 Å². The van der Waals surface area contributed by atoms with Crippen LogP contribution in [0.3, 0.4) is 0 Å². The minimum absolute atomic E-state index is 1.01. The van der Waals surface area contributed by atoms with Crippen molar-refractivity contribution in [3.8, 4) is 10.7 Å². The summed E-state index contributed by atoms with van der Waals surface area (Å²) in [6.07, 6.45) is 3.76. The molecule has 0 aromatic carbocycles. The molecule has 0 aliphatic rings. The van der Waals surface area contributed by atoms with E-state index in [9.17, 15) is 0 Å². The Labute approximate surface area is 74.1 Å². The number of thiazole rings is 1. The van der Waals surface area contributed by atoms with Crippen LogP contribution in [-0.4, -0.2) is 14.9 Å². The van der Waals surface area contributed by atoms with Crippen molar-refractivity contribution in [1.82, 2.24) is 14.9 Å². The summed E-state index contributed by atoms with van der Waals surface area (Å²) in [5.41, 5.74) is 1.05. The number of hydrogen-bond donors (Lipinski definition) is 0. The third-order valence-electron chi connectivity index (χ3n) is 1.58. The highest BCUT2D eigenvalue weighted by Gasteiger charge is 2.13. The zero-order valence-electron chi connectivity index (χ0n) is 6.93. The molecule has 12 heavy (non-hydrogen) atoms. The predicted molar refractivity (Wildman–Crippen MR) is 45.5 cm³/mol. The van der Waals surface area contributed by atoms with Gasteiger partial charge in [0.2, 0.25) is 5.69 Å². The number of aryl methyl sites for hydroxylation is 2. The zero-order valence-corrected chi connectivity index (χ0v) is 7.75. The minimum atomic E-state index is 1.01. The largest absolute Gasteiger partial charge is 0.241 e. The summed E-state index contributed by atoms with van der Waals surface area (Å²) in [7, 11) is 3.81. The topological polar surface area (TPSA) is 34.6 Å². The highest BCUT2D eigenvalue weighted by Crippen LogP contribution is 2.18. The molecule has 0 N–H and O–H groups in total. The standard InChI is InChI=1S/C7H9N4S/c1-10-5-6(11(2)9-10)7-8-3-4-12-7/h3-5H,1-2H3/q+1. The lowest BCUT2D eigenvalue weighted by Crippen LogP contribution is -2.29. The van der Waals surface area contributed by atoms with Crippen molar-refractivity contribution in [3.05, 3.63) is 17.8 Å². The molecule has 0 saturated carbocycles. The van der Waals surface area contributed by atoms with Crippen LogP contribution >= 0.6 is 11.3 Å². The second-order valence-electron chi connectivity index (χ2n) is 2.54. The molecule has 2 rings (SSSR count). The van der Waals surface area contributed by atoms with E-state index in [4.69, 9.17) is 0 Å². The van der Waals surface area contributed by atoms with Crippen molar-refractivity contribution < 1.29 is 4.68 Å². The molecule has 0 saturated heterocycles. The maximum atomic E-state index is 4.20. The van der Waals surface area contributed by atoms with Gasteiger partial charge in [0.15, 0.2) is 11.2 Å². The molecule has 62 valence electrons. The van der Waals surface area contributed by atoms with Gasteiger partial charge in [-0.15, -0.1) is 20.7 Å². The van der Waals surface area contributed by atoms with Crippen LogP contribution in [0.5, 0.6) is 0 Å². The van der Waals surface area contributed by atoms with E-state index in [2.05, 4.69) is 10.2 Å². The molecular formula is C7H9N4S+. The van der Waals surface area contributed by atoms with E-state index in [0.29, 0.717) is 0 Å². The van der Waals surface area contributed by atoms with E-state index >= 15 is 0 Å². The third kappa shape index (κ3) is 1.12. The fourth-order valence-corrected chi connectivity index (χ4v) is 1.77. The lowest BCUT2D eigenvalue weighted by atomic mass is 10.5. The molecule has 0 unspecified atom stereocenters. The van der Waals surface area contributed by atoms with Crippen LogP contribution < -0.4 is 4.68 Å². The first-order valence-electron chi connectivity index (χ1n) is 3.57. The molecular weight excluding hydrogens is 172 g/mol. The van der Waals surface area contributed by atoms with Gasteiger partial charge in [-0.2, -0.15) is 0 Å². The first kappa shape index (κ1) is 7.42. The molecule has 0 bridgehead atoms. The van der Waals surface area contributed by atoms with Crippen LogP contribution in [0.4, 0.5) is 0 Å². The molecule has 2 heterocycles. The van der Waals surface area contributed by atoms with Crippen LogP contribution in [0.15, 0.2) is 17.8 Å². The summed E-state index contributed by atoms with van der Waals surface area (Å²) < 4.78 is 3.59. The van der Waals surface area contributed by atoms with Gasteiger partial charge >= 0.3 is 0 Å². The number of aromatic nitrogens is 4. The maximum absolute atomic E-state index is 4.20. The maximum Gasteiger partial charge on any atom is 0.225 e. The van der Waals surface area contributed by atoms with Crippen molar-refractivity contribution in [1.29, 1.82) is 0 Å². The van der Waals surface area contributed by atoms with Gasteiger partial charge in [-0.3, -0.25) is 0 Å². The molecule has 0 fully saturated rings. The summed E-state index contributed by atoms with van der Waals surface area (Å²) in [6, 6.07) is 0. The number of nitrogens with zero attached hydrogens (tertiary/aromatic N) is 4. The summed E-state index contributed by atoms with van der Waals surface area (Å²) in [5.74, 6) is 0. The Balaban J connectivity index is 2.54. The molecule has 0 radical (unpaired) electrons. The normalized spacial score (nSPS) is 10.5. The molecule has 0 atom stereocenters. The quantitative estimate of drug-likeness (QED) is 0.596. The molecule has 0 spiro atoms. The fourth-order valence-electron chi connectivity index (χ4n) is 1.09. The van der Waals surface area contributed by atoms with Crippen molar-refractivity contribution in [3.63, 3.8) is 0 Å². The van der Waals surface area contributed by atoms with Crippen molar-refractivity contribution in [2.24, 2.45) is 14.1 Å². The van der Waals surface area contributed by atoms with Crippen molar-refractivity contribution in [2.75, 3.05) is 0 Å². The summed E-state index contributed by atoms with van der Waals surface area (Å²) >= 11 is 1.62. The molecule has 0 amide bonds. The highest BCUT2D eigenvalue weighted by molar-refractivity contribution is 7.13. The second-order valence-corrected chi connectivity index (χ2v) is 3.43. The predicted octanol–water partition coefficient (Wildman–Crippen LogP) is 0.368. The summed E-state index contributed by atoms with van der Waals surface area (Å²) in [5, 5.41) is 7.13. The van der Waals surface area contributed by atoms with Gasteiger partial charge in [-0.1, -0.05) is 0 Å². The van der Waals surface area contributed by atoms with E-state index < -0.39 is 0 Å². The highest BCUT2D eigenvalue weighted by atomic mass is 32.1. The Morgan fingerprint density at radius 1 is 1.58 bits per heavy atom. The monoisotopic (exact) mass is 181 g/mol. The molecule has 2 aromatic heterocycles. The Hall–Kier alpha value is -1.23. The molecule has 5 heteroatoms. The molecule has 4 nitrogen and oxygen atoms in total. The van der Waals surface area contributed by atoms with Crippen LogP contribution in [0.1, 0.15) is 0 Å². The smallest absolute Gasteiger partial charge is 0.225 e. The van der Waals surface area contributed by atoms with E-state index in [-0.39, 0.29) is 0 Å². The Bertz CT molecular complexity index is 376. The Kier molecular flexibility index (Phi) is 1.65. The minimum Gasteiger partial charge on any atom is -0.241 e. The van der Waals surface area contributed by atoms with Crippen LogP contribution in [0.25, 0.3) is 10.7 Å². The van der Waals surface area contributed by atoms with Gasteiger partial charge < -0.3 is 0 Å². The number of rotatable bonds is 1. The van der Waals surface area contributed by atoms with E-state index in [0.717, 1.165) is 10.7 Å². The molecule has 2 aromatic rings. The Morgan fingerprint density at radius 2 is 2.42 bits per heavy atom. The molecule has 0 aliphatic heterocycles. The van der Waals surface area contributed by atoms with Gasteiger partial charge in [0.05, 0.1) is 5.21 Å². The van der Waals surface area contributed by atoms with Gasteiger partial charge in [-0.25, -0.2) is 4.98 Å². The van der Waals surface area contributed by atoms with E-state index in [1.807, 2.05) is 30.4 Å². The van der Waals surface area contributed by atoms with Crippen LogP contribution in [0.2, 0.25) is 0 Å². The lowest BCUT2D eigenvalue weighted by Gasteiger charge is -1.84. The second kappa shape index (κ2) is 2.67. The molecule has 0 aliphatic carbocycles. The fraction of sp³-hybridized carbons (Fsp3) is 0.286. The lowest BCUT2D eigenvalue weighted by molar-refractivity contribution is -0.732. The van der Waals surface area contributed by atoms with Crippen molar-refractivity contribution >= 4 is 11.3 Å². The Morgan fingerprint density at radius 3 is 2.92 bits per heavy atom. The van der Waals surface area contributed by atoms with Gasteiger partial charge in [0.25, 0.3) is 0 Å². The van der Waals surface area contributed by atoms with E-state index in [1.54, 1.807) is 22.2 Å². The van der Waals surface area contributed by atoms with Crippen LogP contribution in [0, 0.1) is 0 Å². The van der Waals surface area contributed by atoms with E-state index in [1.165, 1.54) is 0 Å². The average molecular weight is 181 g/mol. The average Bonchev–Trinajstić information content (AvgIpc) is 2.58. The van der Waals surface area contributed by atoms with Gasteiger partial charge in [0.1, 0.15) is 14.1 Å². The summed E-state index contributed by atoms with van der Waals surface area (Å²) in [4.78, 5) is 4.20. The zero-order chi connectivity index (χ0) is 8.55. The van der Waals surface area contributed by atoms with Gasteiger partial charge in [0, 0.05) is 11.6 Å².